The number of carbonyl (C=O) groups excluding carboxylic acids is 1. The van der Waals surface area contributed by atoms with E-state index in [1.165, 1.54) is 0 Å². The summed E-state index contributed by atoms with van der Waals surface area (Å²) in [7, 11) is 0. The zero-order valence-electron chi connectivity index (χ0n) is 13.1. The molecule has 0 bridgehead atoms. The standard InChI is InChI=1S/C17H18N4O2/c1-12(2)18-15(22)11-21-10-6-9-14(21)17-19-16(20-23-17)13-7-4-3-5-8-13/h3-10,12H,11H2,1-2H3,(H,18,22). The number of nitrogens with zero attached hydrogens (tertiary/aromatic N) is 3. The van der Waals surface area contributed by atoms with E-state index < -0.39 is 0 Å². The lowest BCUT2D eigenvalue weighted by molar-refractivity contribution is -0.122. The van der Waals surface area contributed by atoms with E-state index in [1.54, 1.807) is 4.57 Å². The topological polar surface area (TPSA) is 73.0 Å². The van der Waals surface area contributed by atoms with E-state index >= 15 is 0 Å². The molecule has 2 heterocycles. The van der Waals surface area contributed by atoms with Crippen LogP contribution >= 0.6 is 0 Å². The number of hydrogen-bond acceptors (Lipinski definition) is 4. The number of carbonyl (C=O) groups is 1. The molecule has 0 spiro atoms. The second kappa shape index (κ2) is 6.48. The van der Waals surface area contributed by atoms with Gasteiger partial charge in [-0.3, -0.25) is 4.79 Å². The summed E-state index contributed by atoms with van der Waals surface area (Å²) in [6, 6.07) is 13.4. The molecule has 0 saturated carbocycles. The Bertz CT molecular complexity index is 790. The Hall–Kier alpha value is -2.89. The van der Waals surface area contributed by atoms with Crippen molar-refractivity contribution in [1.82, 2.24) is 20.0 Å². The highest BCUT2D eigenvalue weighted by Gasteiger charge is 2.15. The normalized spacial score (nSPS) is 10.9. The highest BCUT2D eigenvalue weighted by atomic mass is 16.5. The number of rotatable bonds is 5. The molecule has 3 rings (SSSR count). The van der Waals surface area contributed by atoms with Crippen LogP contribution in [-0.2, 0) is 11.3 Å². The zero-order chi connectivity index (χ0) is 16.2. The lowest BCUT2D eigenvalue weighted by atomic mass is 10.2. The summed E-state index contributed by atoms with van der Waals surface area (Å²) in [5, 5.41) is 6.88. The fourth-order valence-electron chi connectivity index (χ4n) is 2.30. The van der Waals surface area contributed by atoms with Gasteiger partial charge in [-0.25, -0.2) is 0 Å². The third-order valence-electron chi connectivity index (χ3n) is 3.27. The van der Waals surface area contributed by atoms with Crippen LogP contribution in [0.4, 0.5) is 0 Å². The van der Waals surface area contributed by atoms with Crippen molar-refractivity contribution in [2.75, 3.05) is 0 Å². The molecule has 1 aromatic carbocycles. The van der Waals surface area contributed by atoms with Gasteiger partial charge in [0.1, 0.15) is 12.2 Å². The van der Waals surface area contributed by atoms with Crippen LogP contribution in [0.3, 0.4) is 0 Å². The average Bonchev–Trinajstić information content (AvgIpc) is 3.16. The molecule has 1 N–H and O–H groups in total. The molecule has 118 valence electrons. The first-order valence-corrected chi connectivity index (χ1v) is 7.47. The van der Waals surface area contributed by atoms with Crippen molar-refractivity contribution < 1.29 is 9.32 Å². The fraction of sp³-hybridized carbons (Fsp3) is 0.235. The Morgan fingerprint density at radius 3 is 2.74 bits per heavy atom. The van der Waals surface area contributed by atoms with Gasteiger partial charge in [-0.15, -0.1) is 0 Å². The summed E-state index contributed by atoms with van der Waals surface area (Å²) >= 11 is 0. The van der Waals surface area contributed by atoms with Gasteiger partial charge in [0.15, 0.2) is 0 Å². The van der Waals surface area contributed by atoms with E-state index in [1.807, 2.05) is 62.5 Å². The van der Waals surface area contributed by atoms with Gasteiger partial charge in [-0.2, -0.15) is 4.98 Å². The second-order valence-electron chi connectivity index (χ2n) is 5.53. The number of nitrogens with one attached hydrogen (secondary N) is 1. The Kier molecular flexibility index (Phi) is 4.23. The highest BCUT2D eigenvalue weighted by molar-refractivity contribution is 5.76. The first-order chi connectivity index (χ1) is 11.1. The van der Waals surface area contributed by atoms with Crippen LogP contribution in [0, 0.1) is 0 Å². The van der Waals surface area contributed by atoms with E-state index in [4.69, 9.17) is 4.52 Å². The largest absolute Gasteiger partial charge is 0.352 e. The lowest BCUT2D eigenvalue weighted by Crippen LogP contribution is -2.33. The van der Waals surface area contributed by atoms with E-state index in [9.17, 15) is 4.79 Å². The molecule has 2 aromatic heterocycles. The van der Waals surface area contributed by atoms with Gasteiger partial charge in [-0.1, -0.05) is 35.5 Å². The molecule has 0 aliphatic rings. The molecule has 0 atom stereocenters. The van der Waals surface area contributed by atoms with Crippen LogP contribution in [-0.4, -0.2) is 26.7 Å². The molecule has 6 heteroatoms. The molecule has 6 nitrogen and oxygen atoms in total. The van der Waals surface area contributed by atoms with Crippen LogP contribution < -0.4 is 5.32 Å². The SMILES string of the molecule is CC(C)NC(=O)Cn1cccc1-c1nc(-c2ccccc2)no1. The van der Waals surface area contributed by atoms with Crippen molar-refractivity contribution in [3.63, 3.8) is 0 Å². The van der Waals surface area contributed by atoms with Crippen molar-refractivity contribution >= 4 is 5.91 Å². The van der Waals surface area contributed by atoms with Crippen molar-refractivity contribution in [3.8, 4) is 23.0 Å². The minimum Gasteiger partial charge on any atom is -0.352 e. The van der Waals surface area contributed by atoms with Gasteiger partial charge in [0.25, 0.3) is 5.89 Å². The smallest absolute Gasteiger partial charge is 0.274 e. The maximum absolute atomic E-state index is 11.9. The lowest BCUT2D eigenvalue weighted by Gasteiger charge is -2.10. The minimum atomic E-state index is -0.0553. The molecular formula is C17H18N4O2. The van der Waals surface area contributed by atoms with Crippen molar-refractivity contribution in [2.24, 2.45) is 0 Å². The fourth-order valence-corrected chi connectivity index (χ4v) is 2.30. The molecule has 1 amide bonds. The summed E-state index contributed by atoms with van der Waals surface area (Å²) in [5.74, 6) is 0.867. The molecule has 0 fully saturated rings. The first-order valence-electron chi connectivity index (χ1n) is 7.47. The van der Waals surface area contributed by atoms with Crippen molar-refractivity contribution in [1.29, 1.82) is 0 Å². The monoisotopic (exact) mass is 310 g/mol. The van der Waals surface area contributed by atoms with Gasteiger partial charge in [0.05, 0.1) is 0 Å². The van der Waals surface area contributed by atoms with E-state index in [-0.39, 0.29) is 18.5 Å². The predicted octanol–water partition coefficient (Wildman–Crippen LogP) is 2.73. The molecule has 0 aliphatic heterocycles. The number of aromatic nitrogens is 3. The van der Waals surface area contributed by atoms with Gasteiger partial charge < -0.3 is 14.4 Å². The summed E-state index contributed by atoms with van der Waals surface area (Å²) in [4.78, 5) is 16.4. The maximum atomic E-state index is 11.9. The Labute approximate surface area is 134 Å². The van der Waals surface area contributed by atoms with E-state index in [2.05, 4.69) is 15.5 Å². The maximum Gasteiger partial charge on any atom is 0.274 e. The Morgan fingerprint density at radius 2 is 2.00 bits per heavy atom. The quantitative estimate of drug-likeness (QED) is 0.786. The summed E-state index contributed by atoms with van der Waals surface area (Å²) in [6.45, 7) is 4.07. The Balaban J connectivity index is 1.82. The number of hydrogen-bond donors (Lipinski definition) is 1. The van der Waals surface area contributed by atoms with Gasteiger partial charge in [0, 0.05) is 17.8 Å². The third-order valence-corrected chi connectivity index (χ3v) is 3.27. The van der Waals surface area contributed by atoms with Gasteiger partial charge >= 0.3 is 0 Å². The molecule has 0 saturated heterocycles. The molecule has 0 aliphatic carbocycles. The third kappa shape index (κ3) is 3.48. The van der Waals surface area contributed by atoms with Crippen LogP contribution in [0.2, 0.25) is 0 Å². The minimum absolute atomic E-state index is 0.0553. The van der Waals surface area contributed by atoms with Crippen molar-refractivity contribution in [2.45, 2.75) is 26.4 Å². The molecule has 3 aromatic rings. The predicted molar refractivity (Wildman–Crippen MR) is 86.4 cm³/mol. The van der Waals surface area contributed by atoms with Crippen LogP contribution in [0.1, 0.15) is 13.8 Å². The summed E-state index contributed by atoms with van der Waals surface area (Å²) in [5.41, 5.74) is 1.61. The van der Waals surface area contributed by atoms with E-state index in [0.29, 0.717) is 11.7 Å². The van der Waals surface area contributed by atoms with Crippen LogP contribution in [0.5, 0.6) is 0 Å². The number of benzene rings is 1. The zero-order valence-corrected chi connectivity index (χ0v) is 13.1. The average molecular weight is 310 g/mol. The highest BCUT2D eigenvalue weighted by Crippen LogP contribution is 2.22. The molecule has 0 unspecified atom stereocenters. The van der Waals surface area contributed by atoms with Crippen LogP contribution in [0.15, 0.2) is 53.2 Å². The van der Waals surface area contributed by atoms with Crippen LogP contribution in [0.25, 0.3) is 23.0 Å². The molecule has 23 heavy (non-hydrogen) atoms. The Morgan fingerprint density at radius 1 is 1.22 bits per heavy atom. The summed E-state index contributed by atoms with van der Waals surface area (Å²) in [6.07, 6.45) is 1.82. The van der Waals surface area contributed by atoms with Gasteiger partial charge in [0.2, 0.25) is 11.7 Å². The first kappa shape index (κ1) is 15.0. The second-order valence-corrected chi connectivity index (χ2v) is 5.53. The molecular weight excluding hydrogens is 292 g/mol. The van der Waals surface area contributed by atoms with Crippen molar-refractivity contribution in [3.05, 3.63) is 48.7 Å². The van der Waals surface area contributed by atoms with E-state index in [0.717, 1.165) is 11.3 Å². The number of amides is 1. The summed E-state index contributed by atoms with van der Waals surface area (Å²) < 4.78 is 7.14. The van der Waals surface area contributed by atoms with Gasteiger partial charge in [-0.05, 0) is 26.0 Å². The molecule has 0 radical (unpaired) electrons.